The molecule has 1 fully saturated rings. The van der Waals surface area contributed by atoms with Gasteiger partial charge in [0.1, 0.15) is 11.3 Å². The van der Waals surface area contributed by atoms with Gasteiger partial charge in [-0.3, -0.25) is 4.90 Å². The molecule has 1 saturated heterocycles. The Labute approximate surface area is 127 Å². The molecule has 0 aliphatic carbocycles. The summed E-state index contributed by atoms with van der Waals surface area (Å²) in [6.07, 6.45) is 3.86. The third-order valence-electron chi connectivity index (χ3n) is 5.27. The second-order valence-electron chi connectivity index (χ2n) is 6.64. The van der Waals surface area contributed by atoms with Gasteiger partial charge in [0.2, 0.25) is 0 Å². The zero-order chi connectivity index (χ0) is 14.9. The largest absolute Gasteiger partial charge is 0.459 e. The first-order chi connectivity index (χ1) is 10.1. The molecule has 114 valence electrons. The van der Waals surface area contributed by atoms with Crippen molar-refractivity contribution >= 4 is 11.0 Å². The van der Waals surface area contributed by atoms with Crippen LogP contribution in [0.5, 0.6) is 0 Å². The first kappa shape index (κ1) is 14.6. The highest BCUT2D eigenvalue weighted by atomic mass is 16.3. The molecule has 2 heterocycles. The second kappa shape index (κ2) is 5.82. The number of benzene rings is 1. The zero-order valence-electron chi connectivity index (χ0n) is 13.2. The Morgan fingerprint density at radius 2 is 1.95 bits per heavy atom. The number of fused-ring (bicyclic) bond motifs is 1. The van der Waals surface area contributed by atoms with Crippen molar-refractivity contribution in [3.05, 3.63) is 35.6 Å². The summed E-state index contributed by atoms with van der Waals surface area (Å²) in [4.78, 5) is 2.55. The van der Waals surface area contributed by atoms with Crippen LogP contribution in [-0.4, -0.2) is 18.0 Å². The molecular weight excluding hydrogens is 260 g/mol. The van der Waals surface area contributed by atoms with Gasteiger partial charge in [0.05, 0.1) is 6.54 Å². The van der Waals surface area contributed by atoms with Crippen LogP contribution in [0.15, 0.2) is 28.7 Å². The molecule has 0 unspecified atom stereocenters. The highest BCUT2D eigenvalue weighted by molar-refractivity contribution is 5.82. The molecule has 0 amide bonds. The van der Waals surface area contributed by atoms with Gasteiger partial charge in [-0.1, -0.05) is 38.5 Å². The molecule has 3 nitrogen and oxygen atoms in total. The van der Waals surface area contributed by atoms with Crippen molar-refractivity contribution in [2.24, 2.45) is 11.1 Å². The number of nitrogens with two attached hydrogens (primary N) is 1. The van der Waals surface area contributed by atoms with Gasteiger partial charge in [0.15, 0.2) is 0 Å². The molecule has 1 aliphatic heterocycles. The first-order valence-corrected chi connectivity index (χ1v) is 8.07. The lowest BCUT2D eigenvalue weighted by atomic mass is 9.78. The van der Waals surface area contributed by atoms with E-state index in [1.54, 1.807) is 0 Å². The van der Waals surface area contributed by atoms with Crippen LogP contribution in [-0.2, 0) is 13.1 Å². The average molecular weight is 286 g/mol. The Morgan fingerprint density at radius 1 is 1.24 bits per heavy atom. The average Bonchev–Trinajstić information content (AvgIpc) is 2.88. The third-order valence-corrected chi connectivity index (χ3v) is 5.27. The highest BCUT2D eigenvalue weighted by Crippen LogP contribution is 2.35. The summed E-state index contributed by atoms with van der Waals surface area (Å²) in [5.41, 5.74) is 8.65. The number of piperidine rings is 1. The summed E-state index contributed by atoms with van der Waals surface area (Å²) in [5.74, 6) is 0.944. The minimum atomic E-state index is 0.477. The van der Waals surface area contributed by atoms with Crippen LogP contribution >= 0.6 is 0 Å². The van der Waals surface area contributed by atoms with Gasteiger partial charge in [-0.25, -0.2) is 0 Å². The van der Waals surface area contributed by atoms with Crippen molar-refractivity contribution < 1.29 is 4.42 Å². The van der Waals surface area contributed by atoms with E-state index in [1.807, 2.05) is 12.1 Å². The summed E-state index contributed by atoms with van der Waals surface area (Å²) < 4.78 is 5.90. The van der Waals surface area contributed by atoms with Gasteiger partial charge in [-0.2, -0.15) is 0 Å². The molecule has 21 heavy (non-hydrogen) atoms. The standard InChI is InChI=1S/C18H26N2O/c1-3-18(2)8-10-20(11-9-18)13-15-14-6-4-5-7-16(14)21-17(15)12-19/h4-7H,3,8-13,19H2,1-2H3. The smallest absolute Gasteiger partial charge is 0.134 e. The van der Waals surface area contributed by atoms with E-state index in [-0.39, 0.29) is 0 Å². The number of furan rings is 1. The van der Waals surface area contributed by atoms with Crippen LogP contribution in [0.4, 0.5) is 0 Å². The monoisotopic (exact) mass is 286 g/mol. The molecule has 1 aromatic heterocycles. The zero-order valence-corrected chi connectivity index (χ0v) is 13.2. The number of hydrogen-bond acceptors (Lipinski definition) is 3. The quantitative estimate of drug-likeness (QED) is 0.926. The molecular formula is C18H26N2O. The Morgan fingerprint density at radius 3 is 2.62 bits per heavy atom. The maximum atomic E-state index is 5.90. The highest BCUT2D eigenvalue weighted by Gasteiger charge is 2.29. The summed E-state index contributed by atoms with van der Waals surface area (Å²) >= 11 is 0. The van der Waals surface area contributed by atoms with Crippen LogP contribution in [0.1, 0.15) is 44.4 Å². The van der Waals surface area contributed by atoms with Gasteiger partial charge in [0.25, 0.3) is 0 Å². The first-order valence-electron chi connectivity index (χ1n) is 8.07. The molecule has 3 rings (SSSR count). The van der Waals surface area contributed by atoms with E-state index in [0.717, 1.165) is 17.9 Å². The Kier molecular flexibility index (Phi) is 4.05. The second-order valence-corrected chi connectivity index (χ2v) is 6.64. The number of rotatable bonds is 4. The van der Waals surface area contributed by atoms with Crippen LogP contribution in [0.2, 0.25) is 0 Å². The maximum absolute atomic E-state index is 5.90. The maximum Gasteiger partial charge on any atom is 0.134 e. The summed E-state index contributed by atoms with van der Waals surface area (Å²) in [5, 5.41) is 1.22. The molecule has 0 bridgehead atoms. The lowest BCUT2D eigenvalue weighted by molar-refractivity contribution is 0.109. The van der Waals surface area contributed by atoms with E-state index in [2.05, 4.69) is 30.9 Å². The predicted octanol–water partition coefficient (Wildman–Crippen LogP) is 3.90. The van der Waals surface area contributed by atoms with Crippen molar-refractivity contribution in [3.63, 3.8) is 0 Å². The lowest BCUT2D eigenvalue weighted by Gasteiger charge is -2.38. The Bertz CT molecular complexity index is 609. The molecule has 0 spiro atoms. The minimum absolute atomic E-state index is 0.477. The third kappa shape index (κ3) is 2.85. The molecule has 2 aromatic rings. The van der Waals surface area contributed by atoms with Crippen molar-refractivity contribution in [1.29, 1.82) is 0 Å². The van der Waals surface area contributed by atoms with Gasteiger partial charge < -0.3 is 10.2 Å². The van der Waals surface area contributed by atoms with Crippen molar-refractivity contribution in [3.8, 4) is 0 Å². The van der Waals surface area contributed by atoms with Gasteiger partial charge in [-0.15, -0.1) is 0 Å². The van der Waals surface area contributed by atoms with Crippen molar-refractivity contribution in [1.82, 2.24) is 4.90 Å². The normalized spacial score (nSPS) is 19.2. The van der Waals surface area contributed by atoms with Gasteiger partial charge >= 0.3 is 0 Å². The Balaban J connectivity index is 1.79. The fourth-order valence-corrected chi connectivity index (χ4v) is 3.32. The van der Waals surface area contributed by atoms with Crippen LogP contribution in [0, 0.1) is 5.41 Å². The fourth-order valence-electron chi connectivity index (χ4n) is 3.32. The predicted molar refractivity (Wildman–Crippen MR) is 87.0 cm³/mol. The molecule has 0 radical (unpaired) electrons. The number of nitrogens with zero attached hydrogens (tertiary/aromatic N) is 1. The van der Waals surface area contributed by atoms with Crippen molar-refractivity contribution in [2.45, 2.75) is 46.2 Å². The number of para-hydroxylation sites is 1. The molecule has 2 N–H and O–H groups in total. The Hall–Kier alpha value is -1.32. The molecule has 3 heteroatoms. The van der Waals surface area contributed by atoms with Crippen LogP contribution < -0.4 is 5.73 Å². The van der Waals surface area contributed by atoms with Gasteiger partial charge in [-0.05, 0) is 37.4 Å². The summed E-state index contributed by atoms with van der Waals surface area (Å²) in [6, 6.07) is 8.27. The van der Waals surface area contributed by atoms with E-state index in [0.29, 0.717) is 12.0 Å². The lowest BCUT2D eigenvalue weighted by Crippen LogP contribution is -2.38. The summed E-state index contributed by atoms with van der Waals surface area (Å²) in [6.45, 7) is 8.52. The number of likely N-dealkylation sites (tertiary alicyclic amines) is 1. The molecule has 1 aliphatic rings. The van der Waals surface area contributed by atoms with E-state index in [4.69, 9.17) is 10.2 Å². The number of hydrogen-bond donors (Lipinski definition) is 1. The molecule has 0 saturated carbocycles. The molecule has 0 atom stereocenters. The minimum Gasteiger partial charge on any atom is -0.459 e. The van der Waals surface area contributed by atoms with Crippen LogP contribution in [0.25, 0.3) is 11.0 Å². The fraction of sp³-hybridized carbons (Fsp3) is 0.556. The van der Waals surface area contributed by atoms with Crippen molar-refractivity contribution in [2.75, 3.05) is 13.1 Å². The van der Waals surface area contributed by atoms with E-state index in [9.17, 15) is 0 Å². The molecule has 1 aromatic carbocycles. The topological polar surface area (TPSA) is 42.4 Å². The SMILES string of the molecule is CCC1(C)CCN(Cc2c(CN)oc3ccccc23)CC1. The van der Waals surface area contributed by atoms with E-state index >= 15 is 0 Å². The van der Waals surface area contributed by atoms with E-state index < -0.39 is 0 Å². The van der Waals surface area contributed by atoms with Gasteiger partial charge in [0, 0.05) is 17.5 Å². The summed E-state index contributed by atoms with van der Waals surface area (Å²) in [7, 11) is 0. The van der Waals surface area contributed by atoms with Crippen LogP contribution in [0.3, 0.4) is 0 Å². The van der Waals surface area contributed by atoms with E-state index in [1.165, 1.54) is 43.3 Å².